The normalized spacial score (nSPS) is 42.4. The van der Waals surface area contributed by atoms with E-state index in [0.717, 1.165) is 35.3 Å². The van der Waals surface area contributed by atoms with Gasteiger partial charge in [0.1, 0.15) is 0 Å². The molecule has 4 fully saturated rings. The molecule has 3 heteroatoms. The van der Waals surface area contributed by atoms with E-state index >= 15 is 0 Å². The fourth-order valence-corrected chi connectivity index (χ4v) is 6.43. The van der Waals surface area contributed by atoms with Crippen molar-refractivity contribution in [3.05, 3.63) is 23.3 Å². The van der Waals surface area contributed by atoms with E-state index in [2.05, 4.69) is 0 Å². The average Bonchev–Trinajstić information content (AvgIpc) is 2.49. The fourth-order valence-electron chi connectivity index (χ4n) is 6.43. The summed E-state index contributed by atoms with van der Waals surface area (Å²) in [5.41, 5.74) is 2.30. The third-order valence-corrected chi connectivity index (χ3v) is 6.96. The van der Waals surface area contributed by atoms with Gasteiger partial charge in [-0.1, -0.05) is 6.07 Å². The Balaban J connectivity index is 1.49. The number of fused-ring (bicyclic) bond motifs is 1. The first-order valence-electron chi connectivity index (χ1n) is 8.77. The molecule has 0 unspecified atom stereocenters. The summed E-state index contributed by atoms with van der Waals surface area (Å²) < 4.78 is 6.29. The number of rotatable bonds is 1. The topological polar surface area (TPSA) is 49.7 Å². The minimum atomic E-state index is 0.00455. The van der Waals surface area contributed by atoms with Crippen molar-refractivity contribution in [1.82, 2.24) is 0 Å². The molecule has 4 aliphatic carbocycles. The predicted octanol–water partition coefficient (Wildman–Crippen LogP) is 3.76. The molecule has 2 N–H and O–H groups in total. The molecule has 0 saturated heterocycles. The van der Waals surface area contributed by atoms with Gasteiger partial charge in [0.15, 0.2) is 11.5 Å². The number of phenolic OH excluding ortho intramolecular Hbond substituents is 2. The highest BCUT2D eigenvalue weighted by Crippen LogP contribution is 2.62. The van der Waals surface area contributed by atoms with E-state index in [1.165, 1.54) is 38.5 Å². The summed E-state index contributed by atoms with van der Waals surface area (Å²) >= 11 is 0. The van der Waals surface area contributed by atoms with Gasteiger partial charge >= 0.3 is 0 Å². The van der Waals surface area contributed by atoms with E-state index in [1.54, 1.807) is 6.07 Å². The average molecular weight is 300 g/mol. The molecule has 1 aromatic rings. The zero-order chi connectivity index (χ0) is 14.9. The minimum absolute atomic E-state index is 0.00455. The van der Waals surface area contributed by atoms with Gasteiger partial charge in [0.2, 0.25) is 0 Å². The van der Waals surface area contributed by atoms with E-state index in [-0.39, 0.29) is 17.6 Å². The quantitative estimate of drug-likeness (QED) is 0.777. The summed E-state index contributed by atoms with van der Waals surface area (Å²) in [6.07, 6.45) is 9.26. The Hall–Kier alpha value is -1.22. The molecule has 1 aromatic carbocycles. The van der Waals surface area contributed by atoms with Gasteiger partial charge in [-0.05, 0) is 73.3 Å². The van der Waals surface area contributed by atoms with Gasteiger partial charge < -0.3 is 14.9 Å². The Morgan fingerprint density at radius 1 is 0.955 bits per heavy atom. The second-order valence-electron chi connectivity index (χ2n) is 8.35. The second-order valence-corrected chi connectivity index (χ2v) is 8.35. The molecular formula is C19H24O3. The first-order valence-corrected chi connectivity index (χ1v) is 8.77. The Kier molecular flexibility index (Phi) is 2.65. The molecule has 22 heavy (non-hydrogen) atoms. The Morgan fingerprint density at radius 2 is 1.59 bits per heavy atom. The number of ether oxygens (including phenoxy) is 1. The molecule has 0 amide bonds. The highest BCUT2D eigenvalue weighted by Gasteiger charge is 2.55. The van der Waals surface area contributed by atoms with Crippen molar-refractivity contribution in [2.24, 2.45) is 23.2 Å². The van der Waals surface area contributed by atoms with Crippen molar-refractivity contribution in [2.75, 3.05) is 0 Å². The van der Waals surface area contributed by atoms with Crippen molar-refractivity contribution in [2.45, 2.75) is 57.7 Å². The van der Waals surface area contributed by atoms with Crippen LogP contribution < -0.4 is 0 Å². The molecular weight excluding hydrogens is 276 g/mol. The first-order chi connectivity index (χ1) is 10.6. The number of phenols is 2. The van der Waals surface area contributed by atoms with Crippen LogP contribution in [-0.2, 0) is 17.8 Å². The van der Waals surface area contributed by atoms with Crippen LogP contribution in [0.5, 0.6) is 11.5 Å². The highest BCUT2D eigenvalue weighted by atomic mass is 16.5. The second kappa shape index (κ2) is 4.41. The van der Waals surface area contributed by atoms with Crippen molar-refractivity contribution >= 4 is 0 Å². The summed E-state index contributed by atoms with van der Waals surface area (Å²) in [6, 6.07) is 3.46. The Labute approximate surface area is 131 Å². The molecule has 1 atom stereocenters. The van der Waals surface area contributed by atoms with Gasteiger partial charge in [-0.15, -0.1) is 0 Å². The molecule has 1 aliphatic heterocycles. The summed E-state index contributed by atoms with van der Waals surface area (Å²) in [5, 5.41) is 20.0. The largest absolute Gasteiger partial charge is 0.504 e. The maximum Gasteiger partial charge on any atom is 0.161 e. The number of aromatic hydroxyl groups is 2. The lowest BCUT2D eigenvalue weighted by Gasteiger charge is -2.59. The summed E-state index contributed by atoms with van der Waals surface area (Å²) in [5.74, 6) is 2.82. The monoisotopic (exact) mass is 300 g/mol. The maximum absolute atomic E-state index is 10.2. The van der Waals surface area contributed by atoms with E-state index in [9.17, 15) is 10.2 Å². The van der Waals surface area contributed by atoms with Crippen LogP contribution in [0.4, 0.5) is 0 Å². The molecule has 6 rings (SSSR count). The molecule has 118 valence electrons. The molecule has 4 bridgehead atoms. The molecule has 4 saturated carbocycles. The van der Waals surface area contributed by atoms with Crippen molar-refractivity contribution < 1.29 is 14.9 Å². The van der Waals surface area contributed by atoms with Gasteiger partial charge in [-0.3, -0.25) is 0 Å². The van der Waals surface area contributed by atoms with E-state index in [1.807, 2.05) is 6.07 Å². The van der Waals surface area contributed by atoms with E-state index < -0.39 is 0 Å². The number of hydrogen-bond donors (Lipinski definition) is 2. The van der Waals surface area contributed by atoms with Crippen molar-refractivity contribution in [3.8, 4) is 11.5 Å². The fraction of sp³-hybridized carbons (Fsp3) is 0.684. The highest BCUT2D eigenvalue weighted by molar-refractivity contribution is 5.50. The lowest BCUT2D eigenvalue weighted by Crippen LogP contribution is -2.53. The lowest BCUT2D eigenvalue weighted by atomic mass is 9.47. The van der Waals surface area contributed by atoms with Crippen LogP contribution in [0.3, 0.4) is 0 Å². The SMILES string of the molecule is Oc1ccc2c(c1O)C[C@@H](C13CC4CC(CC(C4)C1)C3)OC2. The zero-order valence-corrected chi connectivity index (χ0v) is 12.9. The molecule has 3 nitrogen and oxygen atoms in total. The standard InChI is InChI=1S/C19H24O3/c20-16-2-1-14-10-22-17(6-15(14)18(16)21)19-7-11-3-12(8-19)5-13(4-11)9-19/h1-2,11-13,17,20-21H,3-10H2/t11?,12?,13?,17-,19?/m0/s1. The van der Waals surface area contributed by atoms with E-state index in [4.69, 9.17) is 4.74 Å². The number of benzene rings is 1. The van der Waals surface area contributed by atoms with E-state index in [0.29, 0.717) is 12.0 Å². The van der Waals surface area contributed by atoms with Crippen LogP contribution in [0.25, 0.3) is 0 Å². The summed E-state index contributed by atoms with van der Waals surface area (Å²) in [4.78, 5) is 0. The molecule has 0 radical (unpaired) electrons. The van der Waals surface area contributed by atoms with Crippen LogP contribution in [0, 0.1) is 23.2 Å². The van der Waals surface area contributed by atoms with Gasteiger partial charge in [-0.2, -0.15) is 0 Å². The van der Waals surface area contributed by atoms with Gasteiger partial charge in [0.25, 0.3) is 0 Å². The third-order valence-electron chi connectivity index (χ3n) is 6.96. The Morgan fingerprint density at radius 3 is 2.23 bits per heavy atom. The van der Waals surface area contributed by atoms with Gasteiger partial charge in [0.05, 0.1) is 12.7 Å². The minimum Gasteiger partial charge on any atom is -0.504 e. The van der Waals surface area contributed by atoms with Crippen LogP contribution >= 0.6 is 0 Å². The maximum atomic E-state index is 10.2. The number of hydrogen-bond acceptors (Lipinski definition) is 3. The molecule has 5 aliphatic rings. The smallest absolute Gasteiger partial charge is 0.161 e. The molecule has 1 heterocycles. The third kappa shape index (κ3) is 1.78. The predicted molar refractivity (Wildman–Crippen MR) is 82.7 cm³/mol. The van der Waals surface area contributed by atoms with Crippen LogP contribution in [0.1, 0.15) is 49.7 Å². The molecule has 0 spiro atoms. The zero-order valence-electron chi connectivity index (χ0n) is 12.9. The lowest BCUT2D eigenvalue weighted by molar-refractivity contribution is -0.150. The van der Waals surface area contributed by atoms with Crippen LogP contribution in [-0.4, -0.2) is 16.3 Å². The van der Waals surface area contributed by atoms with Crippen LogP contribution in [0.2, 0.25) is 0 Å². The first kappa shape index (κ1) is 13.2. The molecule has 0 aromatic heterocycles. The summed E-state index contributed by atoms with van der Waals surface area (Å²) in [7, 11) is 0. The van der Waals surface area contributed by atoms with Crippen LogP contribution in [0.15, 0.2) is 12.1 Å². The van der Waals surface area contributed by atoms with Crippen molar-refractivity contribution in [1.29, 1.82) is 0 Å². The Bertz CT molecular complexity index is 586. The van der Waals surface area contributed by atoms with Crippen molar-refractivity contribution in [3.63, 3.8) is 0 Å². The van der Waals surface area contributed by atoms with Gasteiger partial charge in [-0.25, -0.2) is 0 Å². The summed E-state index contributed by atoms with van der Waals surface area (Å²) in [6.45, 7) is 0.579. The van der Waals surface area contributed by atoms with Gasteiger partial charge in [0, 0.05) is 12.0 Å².